The van der Waals surface area contributed by atoms with E-state index in [2.05, 4.69) is 0 Å². The highest BCUT2D eigenvalue weighted by Gasteiger charge is 2.46. The summed E-state index contributed by atoms with van der Waals surface area (Å²) in [5.41, 5.74) is 1.68. The van der Waals surface area contributed by atoms with E-state index >= 15 is 0 Å². The highest BCUT2D eigenvalue weighted by molar-refractivity contribution is 7.87. The molecule has 7 rings (SSSR count). The number of carbonyl (C=O) groups excluding carboxylic acids is 3. The number of hydrogen-bond acceptors (Lipinski definition) is 14. The molecular weight excluding hydrogens is 967 g/mol. The van der Waals surface area contributed by atoms with E-state index in [4.69, 9.17) is 4.84 Å². The van der Waals surface area contributed by atoms with Crippen LogP contribution in [0.2, 0.25) is 0 Å². The van der Waals surface area contributed by atoms with Gasteiger partial charge >= 0.3 is 5.97 Å². The van der Waals surface area contributed by atoms with Crippen molar-refractivity contribution in [2.75, 3.05) is 18.0 Å². The first-order valence-corrected chi connectivity index (χ1v) is 26.9. The Morgan fingerprint density at radius 1 is 0.721 bits per heavy atom. The van der Waals surface area contributed by atoms with E-state index in [9.17, 15) is 66.3 Å². The van der Waals surface area contributed by atoms with Gasteiger partial charge in [0, 0.05) is 72.1 Å². The fourth-order valence-corrected chi connectivity index (χ4v) is 12.1. The van der Waals surface area contributed by atoms with Crippen molar-refractivity contribution >= 4 is 96.9 Å². The standard InChI is InChI=1S/C45H47N3O16S4/c1-6-46-33-18-16-29-31(23-27(65(52,53)54)25-35(29)67(58,59)60)42(33)44(2,3)37(46)13-9-7-10-14-38-45(4,5)43-32-24-28(66(55,56)57)26-36(68(61,62)63)30(32)17-19-34(43)47(38)22-12-8-11-15-41(51)64-48-39(49)20-21-40(48)50/h7,9-10,13-14,16-19,23-26H,6,8,11-12,15,20-22H2,1-5H3,(H3-,52,53,54,55,56,57,58,59,60,61,62,63). The van der Waals surface area contributed by atoms with E-state index in [0.717, 1.165) is 17.8 Å². The number of hydrogen-bond donors (Lipinski definition) is 3. The molecule has 0 spiro atoms. The van der Waals surface area contributed by atoms with E-state index in [1.165, 1.54) is 12.1 Å². The van der Waals surface area contributed by atoms with Crippen LogP contribution in [0.15, 0.2) is 104 Å². The van der Waals surface area contributed by atoms with Crippen LogP contribution in [-0.4, -0.2) is 98.1 Å². The van der Waals surface area contributed by atoms with Gasteiger partial charge in [-0.2, -0.15) is 29.8 Å². The van der Waals surface area contributed by atoms with Crippen LogP contribution in [-0.2, 0) is 70.5 Å². The maximum atomic E-state index is 12.6. The van der Waals surface area contributed by atoms with E-state index < -0.39 is 88.7 Å². The van der Waals surface area contributed by atoms with E-state index in [1.807, 2.05) is 50.2 Å². The van der Waals surface area contributed by atoms with E-state index in [0.29, 0.717) is 77.8 Å². The second kappa shape index (κ2) is 17.7. The van der Waals surface area contributed by atoms with Crippen molar-refractivity contribution in [3.05, 3.63) is 95.7 Å². The van der Waals surface area contributed by atoms with Gasteiger partial charge < -0.3 is 14.3 Å². The third kappa shape index (κ3) is 9.28. The van der Waals surface area contributed by atoms with Crippen molar-refractivity contribution in [1.82, 2.24) is 5.06 Å². The summed E-state index contributed by atoms with van der Waals surface area (Å²) in [6.45, 7) is 9.99. The molecule has 3 heterocycles. The lowest BCUT2D eigenvalue weighted by atomic mass is 9.79. The normalized spacial score (nSPS) is 18.0. The summed E-state index contributed by atoms with van der Waals surface area (Å²) >= 11 is 0. The SMILES string of the molecule is CCN1C(=CC=CC=CC2=[N+](CCCCCC(=O)ON3C(=O)CCC3=O)c3ccc4c(S(=O)(=O)O)cc(S(=O)(=O)O)cc4c3C2(C)C)C(C)(C)c2c1ccc1c(S(=O)(=O)[O-])cc(S(=O)(=O)O)cc21. The quantitative estimate of drug-likeness (QED) is 0.0405. The molecular formula is C45H47N3O16S4. The van der Waals surface area contributed by atoms with Crippen molar-refractivity contribution < 1.29 is 75.7 Å². The number of anilines is 1. The molecule has 1 saturated heterocycles. The summed E-state index contributed by atoms with van der Waals surface area (Å²) in [6, 6.07) is 9.75. The molecule has 4 aromatic carbocycles. The van der Waals surface area contributed by atoms with Gasteiger partial charge in [0.2, 0.25) is 5.69 Å². The molecule has 0 aliphatic carbocycles. The van der Waals surface area contributed by atoms with Gasteiger partial charge in [-0.1, -0.05) is 38.1 Å². The zero-order valence-electron chi connectivity index (χ0n) is 37.3. The average Bonchev–Trinajstić information content (AvgIpc) is 3.75. The topological polar surface area (TPSA) is 290 Å². The Morgan fingerprint density at radius 3 is 1.87 bits per heavy atom. The Hall–Kier alpha value is -5.66. The van der Waals surface area contributed by atoms with Crippen LogP contribution in [0.5, 0.6) is 0 Å². The zero-order chi connectivity index (χ0) is 50.1. The minimum absolute atomic E-state index is 0.00502. The molecule has 0 aromatic heterocycles. The largest absolute Gasteiger partial charge is 0.744 e. The summed E-state index contributed by atoms with van der Waals surface area (Å²) < 4.78 is 144. The van der Waals surface area contributed by atoms with Crippen molar-refractivity contribution in [2.45, 2.75) is 104 Å². The minimum atomic E-state index is -5.19. The molecule has 0 saturated carbocycles. The summed E-state index contributed by atoms with van der Waals surface area (Å²) in [5, 5.41) is 0.764. The van der Waals surface area contributed by atoms with Gasteiger partial charge in [0.25, 0.3) is 42.2 Å². The maximum absolute atomic E-state index is 12.6. The lowest BCUT2D eigenvalue weighted by molar-refractivity contribution is -0.438. The smallest absolute Gasteiger partial charge is 0.333 e. The molecule has 68 heavy (non-hydrogen) atoms. The molecule has 3 aliphatic rings. The number of rotatable bonds is 15. The summed E-state index contributed by atoms with van der Waals surface area (Å²) in [7, 11) is -20.1. The van der Waals surface area contributed by atoms with Crippen LogP contribution < -0.4 is 4.90 Å². The van der Waals surface area contributed by atoms with Crippen LogP contribution in [0.3, 0.4) is 0 Å². The molecule has 0 radical (unpaired) electrons. The molecule has 362 valence electrons. The number of imide groups is 1. The first-order chi connectivity index (χ1) is 31.5. The number of amides is 2. The van der Waals surface area contributed by atoms with Gasteiger partial charge in [0.15, 0.2) is 5.71 Å². The number of benzene rings is 4. The van der Waals surface area contributed by atoms with Crippen LogP contribution in [0, 0.1) is 0 Å². The molecule has 23 heteroatoms. The van der Waals surface area contributed by atoms with Crippen molar-refractivity contribution in [1.29, 1.82) is 0 Å². The second-order valence-electron chi connectivity index (χ2n) is 17.5. The molecule has 2 amide bonds. The van der Waals surface area contributed by atoms with Crippen molar-refractivity contribution in [3.8, 4) is 0 Å². The Bertz CT molecular complexity index is 3450. The Balaban J connectivity index is 1.25. The van der Waals surface area contributed by atoms with E-state index in [1.54, 1.807) is 36.4 Å². The molecule has 0 bridgehead atoms. The van der Waals surface area contributed by atoms with Gasteiger partial charge in [-0.05, 0) is 97.8 Å². The number of likely N-dealkylation sites (N-methyl/N-ethyl adjacent to an activating group) is 1. The number of fused-ring (bicyclic) bond motifs is 6. The van der Waals surface area contributed by atoms with Gasteiger partial charge in [0.05, 0.1) is 20.1 Å². The highest BCUT2D eigenvalue weighted by Crippen LogP contribution is 2.52. The monoisotopic (exact) mass is 1010 g/mol. The molecule has 3 N–H and O–H groups in total. The molecule has 0 unspecified atom stereocenters. The maximum Gasteiger partial charge on any atom is 0.333 e. The predicted molar refractivity (Wildman–Crippen MR) is 246 cm³/mol. The summed E-state index contributed by atoms with van der Waals surface area (Å²) in [5.74, 6) is -1.94. The lowest BCUT2D eigenvalue weighted by Crippen LogP contribution is -2.31. The molecule has 19 nitrogen and oxygen atoms in total. The van der Waals surface area contributed by atoms with Crippen LogP contribution in [0.4, 0.5) is 11.4 Å². The summed E-state index contributed by atoms with van der Waals surface area (Å²) in [4.78, 5) is 40.2. The third-order valence-corrected chi connectivity index (χ3v) is 15.9. The summed E-state index contributed by atoms with van der Waals surface area (Å²) in [6.07, 6.45) is 9.96. The number of nitrogens with zero attached hydrogens (tertiary/aromatic N) is 3. The fourth-order valence-electron chi connectivity index (χ4n) is 9.46. The van der Waals surface area contributed by atoms with Gasteiger partial charge in [-0.15, -0.1) is 5.06 Å². The number of allylic oxidation sites excluding steroid dienone is 6. The number of unbranched alkanes of at least 4 members (excludes halogenated alkanes) is 2. The van der Waals surface area contributed by atoms with Gasteiger partial charge in [0.1, 0.15) is 21.6 Å². The average molecular weight is 1010 g/mol. The van der Waals surface area contributed by atoms with Crippen molar-refractivity contribution in [2.24, 2.45) is 0 Å². The molecule has 4 aromatic rings. The Morgan fingerprint density at radius 2 is 1.29 bits per heavy atom. The second-order valence-corrected chi connectivity index (χ2v) is 23.1. The van der Waals surface area contributed by atoms with E-state index in [-0.39, 0.29) is 40.8 Å². The Labute approximate surface area is 393 Å². The van der Waals surface area contributed by atoms with Gasteiger partial charge in [-0.3, -0.25) is 23.2 Å². The minimum Gasteiger partial charge on any atom is -0.744 e. The lowest BCUT2D eigenvalue weighted by Gasteiger charge is -2.26. The van der Waals surface area contributed by atoms with Crippen molar-refractivity contribution in [3.63, 3.8) is 0 Å². The van der Waals surface area contributed by atoms with Gasteiger partial charge in [-0.25, -0.2) is 13.2 Å². The fraction of sp³-hybridized carbons (Fsp3) is 0.333. The molecule has 3 aliphatic heterocycles. The molecule has 1 fully saturated rings. The first-order valence-electron chi connectivity index (χ1n) is 21.1. The number of carbonyl (C=O) groups is 3. The first kappa shape index (κ1) is 50.2. The van der Waals surface area contributed by atoms with Crippen LogP contribution >= 0.6 is 0 Å². The predicted octanol–water partition coefficient (Wildman–Crippen LogP) is 6.00. The molecule has 0 atom stereocenters. The zero-order valence-corrected chi connectivity index (χ0v) is 40.6. The third-order valence-electron chi connectivity index (χ3n) is 12.4. The number of hydroxylamine groups is 2. The highest BCUT2D eigenvalue weighted by atomic mass is 32.2. The van der Waals surface area contributed by atoms with Crippen LogP contribution in [0.25, 0.3) is 21.5 Å². The Kier molecular flexibility index (Phi) is 13.1. The van der Waals surface area contributed by atoms with Crippen LogP contribution in [0.1, 0.15) is 84.3 Å².